The summed E-state index contributed by atoms with van der Waals surface area (Å²) in [5.41, 5.74) is 6.37. The van der Waals surface area contributed by atoms with Crippen molar-refractivity contribution in [1.29, 1.82) is 0 Å². The van der Waals surface area contributed by atoms with Crippen LogP contribution >= 0.6 is 11.3 Å². The van der Waals surface area contributed by atoms with E-state index < -0.39 is 6.03 Å². The molecule has 2 rings (SSSR count). The highest BCUT2D eigenvalue weighted by Crippen LogP contribution is 2.17. The van der Waals surface area contributed by atoms with Crippen molar-refractivity contribution in [3.05, 3.63) is 40.4 Å². The van der Waals surface area contributed by atoms with Gasteiger partial charge in [-0.3, -0.25) is 10.1 Å². The Hall–Kier alpha value is -2.48. The van der Waals surface area contributed by atoms with Gasteiger partial charge in [-0.2, -0.15) is 0 Å². The van der Waals surface area contributed by atoms with Crippen molar-refractivity contribution < 1.29 is 9.59 Å². The van der Waals surface area contributed by atoms with Crippen molar-refractivity contribution >= 4 is 28.4 Å². The maximum absolute atomic E-state index is 12.1. The molecule has 0 fully saturated rings. The van der Waals surface area contributed by atoms with E-state index in [1.54, 1.807) is 24.3 Å². The molecule has 0 aliphatic rings. The van der Waals surface area contributed by atoms with Crippen LogP contribution in [0.2, 0.25) is 0 Å². The van der Waals surface area contributed by atoms with Crippen LogP contribution in [0.3, 0.4) is 0 Å². The number of carbonyl (C=O) groups excluding carboxylic acids is 2. The number of nitrogens with zero attached hydrogens (tertiary/aromatic N) is 2. The lowest BCUT2D eigenvalue weighted by molar-refractivity contribution is 0.102. The molecule has 0 unspecified atom stereocenters. The first-order chi connectivity index (χ1) is 10.6. The molecule has 0 bridgehead atoms. The number of nitrogens with one attached hydrogen (secondary N) is 2. The minimum absolute atomic E-state index is 0.242. The Balaban J connectivity index is 1.95. The maximum Gasteiger partial charge on any atom is 0.312 e. The number of rotatable bonds is 6. The van der Waals surface area contributed by atoms with Gasteiger partial charge in [0.05, 0.1) is 0 Å². The summed E-state index contributed by atoms with van der Waals surface area (Å²) in [6, 6.07) is 6.30. The lowest BCUT2D eigenvalue weighted by Crippen LogP contribution is -2.28. The molecule has 0 aliphatic carbocycles. The van der Waals surface area contributed by atoms with Crippen LogP contribution in [-0.4, -0.2) is 22.1 Å². The van der Waals surface area contributed by atoms with Gasteiger partial charge in [0.2, 0.25) is 5.13 Å². The van der Waals surface area contributed by atoms with Crippen molar-refractivity contribution in [3.8, 4) is 0 Å². The van der Waals surface area contributed by atoms with Crippen LogP contribution in [0.4, 0.5) is 9.93 Å². The molecule has 22 heavy (non-hydrogen) atoms. The first kappa shape index (κ1) is 15.9. The van der Waals surface area contributed by atoms with E-state index in [1.807, 2.05) is 0 Å². The van der Waals surface area contributed by atoms with E-state index in [-0.39, 0.29) is 5.91 Å². The second-order valence-electron chi connectivity index (χ2n) is 4.62. The SMILES string of the molecule is CCCc1nnc(NC(=O)c2ccc(CNC(N)=O)cc2)s1. The molecule has 0 aliphatic heterocycles. The van der Waals surface area contributed by atoms with Gasteiger partial charge in [0.1, 0.15) is 5.01 Å². The second-order valence-corrected chi connectivity index (χ2v) is 5.68. The van der Waals surface area contributed by atoms with E-state index in [2.05, 4.69) is 27.8 Å². The summed E-state index contributed by atoms with van der Waals surface area (Å²) >= 11 is 1.38. The summed E-state index contributed by atoms with van der Waals surface area (Å²) in [6.45, 7) is 2.39. The van der Waals surface area contributed by atoms with Gasteiger partial charge in [-0.15, -0.1) is 10.2 Å². The van der Waals surface area contributed by atoms with Crippen LogP contribution in [0.1, 0.15) is 34.3 Å². The minimum atomic E-state index is -0.582. The van der Waals surface area contributed by atoms with E-state index >= 15 is 0 Å². The third-order valence-electron chi connectivity index (χ3n) is 2.83. The number of primary amides is 1. The van der Waals surface area contributed by atoms with Crippen LogP contribution in [-0.2, 0) is 13.0 Å². The number of aryl methyl sites for hydroxylation is 1. The standard InChI is InChI=1S/C14H17N5O2S/c1-2-3-11-18-19-14(22-11)17-12(20)10-6-4-9(5-7-10)8-16-13(15)21/h4-7H,2-3,8H2,1H3,(H3,15,16,21)(H,17,19,20). The average Bonchev–Trinajstić information content (AvgIpc) is 2.93. The Labute approximate surface area is 131 Å². The molecule has 7 nitrogen and oxygen atoms in total. The van der Waals surface area contributed by atoms with Crippen LogP contribution in [0.25, 0.3) is 0 Å². The molecule has 4 N–H and O–H groups in total. The molecule has 1 aromatic carbocycles. The topological polar surface area (TPSA) is 110 Å². The number of amides is 3. The van der Waals surface area contributed by atoms with Gasteiger partial charge in [0, 0.05) is 18.5 Å². The monoisotopic (exact) mass is 319 g/mol. The van der Waals surface area contributed by atoms with Gasteiger partial charge in [0.15, 0.2) is 0 Å². The molecule has 8 heteroatoms. The fraction of sp³-hybridized carbons (Fsp3) is 0.286. The highest BCUT2D eigenvalue weighted by molar-refractivity contribution is 7.15. The molecule has 0 saturated heterocycles. The Bertz CT molecular complexity index is 654. The zero-order chi connectivity index (χ0) is 15.9. The fourth-order valence-corrected chi connectivity index (χ4v) is 2.59. The van der Waals surface area contributed by atoms with Crippen molar-refractivity contribution in [3.63, 3.8) is 0 Å². The summed E-state index contributed by atoms with van der Waals surface area (Å²) in [6.07, 6.45) is 1.85. The molecular formula is C14H17N5O2S. The first-order valence-corrected chi connectivity index (χ1v) is 7.66. The molecule has 0 atom stereocenters. The first-order valence-electron chi connectivity index (χ1n) is 6.84. The molecule has 3 amide bonds. The molecule has 0 spiro atoms. The Morgan fingerprint density at radius 3 is 2.59 bits per heavy atom. The predicted molar refractivity (Wildman–Crippen MR) is 84.7 cm³/mol. The van der Waals surface area contributed by atoms with Crippen LogP contribution in [0, 0.1) is 0 Å². The average molecular weight is 319 g/mol. The Morgan fingerprint density at radius 1 is 1.23 bits per heavy atom. The summed E-state index contributed by atoms with van der Waals surface area (Å²) < 4.78 is 0. The number of carbonyl (C=O) groups is 2. The zero-order valence-corrected chi connectivity index (χ0v) is 12.9. The van der Waals surface area contributed by atoms with Crippen molar-refractivity contribution in [2.75, 3.05) is 5.32 Å². The van der Waals surface area contributed by atoms with E-state index in [1.165, 1.54) is 11.3 Å². The van der Waals surface area contributed by atoms with Crippen LogP contribution in [0.15, 0.2) is 24.3 Å². The molecular weight excluding hydrogens is 302 g/mol. The van der Waals surface area contributed by atoms with Gasteiger partial charge < -0.3 is 11.1 Å². The quantitative estimate of drug-likeness (QED) is 0.755. The summed E-state index contributed by atoms with van der Waals surface area (Å²) in [7, 11) is 0. The summed E-state index contributed by atoms with van der Waals surface area (Å²) in [5.74, 6) is -0.242. The van der Waals surface area contributed by atoms with Gasteiger partial charge in [-0.05, 0) is 24.1 Å². The minimum Gasteiger partial charge on any atom is -0.352 e. The number of aromatic nitrogens is 2. The van der Waals surface area contributed by atoms with Crippen molar-refractivity contribution in [1.82, 2.24) is 15.5 Å². The normalized spacial score (nSPS) is 10.2. The second kappa shape index (κ2) is 7.51. The number of anilines is 1. The number of urea groups is 1. The molecule has 0 saturated carbocycles. The van der Waals surface area contributed by atoms with Crippen LogP contribution < -0.4 is 16.4 Å². The van der Waals surface area contributed by atoms with Gasteiger partial charge in [0.25, 0.3) is 5.91 Å². The Kier molecular flexibility index (Phi) is 5.42. The zero-order valence-electron chi connectivity index (χ0n) is 12.1. The highest BCUT2D eigenvalue weighted by atomic mass is 32.1. The third kappa shape index (κ3) is 4.52. The van der Waals surface area contributed by atoms with Crippen molar-refractivity contribution in [2.45, 2.75) is 26.3 Å². The van der Waals surface area contributed by atoms with E-state index in [9.17, 15) is 9.59 Å². The molecule has 0 radical (unpaired) electrons. The number of nitrogens with two attached hydrogens (primary N) is 1. The summed E-state index contributed by atoms with van der Waals surface area (Å²) in [5, 5.41) is 14.6. The van der Waals surface area contributed by atoms with E-state index in [4.69, 9.17) is 5.73 Å². The number of hydrogen-bond acceptors (Lipinski definition) is 5. The molecule has 116 valence electrons. The smallest absolute Gasteiger partial charge is 0.312 e. The maximum atomic E-state index is 12.1. The Morgan fingerprint density at radius 2 is 1.95 bits per heavy atom. The largest absolute Gasteiger partial charge is 0.352 e. The van der Waals surface area contributed by atoms with E-state index in [0.29, 0.717) is 17.2 Å². The number of benzene rings is 1. The predicted octanol–water partition coefficient (Wildman–Crippen LogP) is 1.91. The van der Waals surface area contributed by atoms with Gasteiger partial charge >= 0.3 is 6.03 Å². The lowest BCUT2D eigenvalue weighted by atomic mass is 10.1. The lowest BCUT2D eigenvalue weighted by Gasteiger charge is -2.04. The fourth-order valence-electron chi connectivity index (χ4n) is 1.75. The third-order valence-corrected chi connectivity index (χ3v) is 3.73. The van der Waals surface area contributed by atoms with Crippen molar-refractivity contribution in [2.24, 2.45) is 5.73 Å². The molecule has 1 aromatic heterocycles. The summed E-state index contributed by atoms with van der Waals surface area (Å²) in [4.78, 5) is 22.7. The highest BCUT2D eigenvalue weighted by Gasteiger charge is 2.10. The molecule has 1 heterocycles. The van der Waals surface area contributed by atoms with E-state index in [0.717, 1.165) is 23.4 Å². The number of hydrogen-bond donors (Lipinski definition) is 3. The van der Waals surface area contributed by atoms with Gasteiger partial charge in [-0.1, -0.05) is 30.4 Å². The molecule has 2 aromatic rings. The van der Waals surface area contributed by atoms with Crippen LogP contribution in [0.5, 0.6) is 0 Å². The van der Waals surface area contributed by atoms with Gasteiger partial charge in [-0.25, -0.2) is 4.79 Å².